The lowest BCUT2D eigenvalue weighted by Gasteiger charge is -2.25. The molecule has 2 rings (SSSR count). The zero-order valence-electron chi connectivity index (χ0n) is 13.3. The molecular weight excluding hydrogens is 288 g/mol. The lowest BCUT2D eigenvalue weighted by molar-refractivity contribution is -0.0724. The van der Waals surface area contributed by atoms with Crippen LogP contribution in [0.3, 0.4) is 0 Å². The molecule has 0 aliphatic rings. The topological polar surface area (TPSA) is 38.7 Å². The van der Waals surface area contributed by atoms with E-state index in [9.17, 15) is 5.11 Å². The lowest BCUT2D eigenvalue weighted by Crippen LogP contribution is -2.31. The third-order valence-electron chi connectivity index (χ3n) is 3.60. The summed E-state index contributed by atoms with van der Waals surface area (Å²) >= 11 is 0. The first-order chi connectivity index (χ1) is 11.3. The first-order valence-corrected chi connectivity index (χ1v) is 7.88. The number of hydrogen-bond donors (Lipinski definition) is 1. The highest BCUT2D eigenvalue weighted by Gasteiger charge is 2.20. The van der Waals surface area contributed by atoms with Gasteiger partial charge in [0.2, 0.25) is 0 Å². The fraction of sp³-hybridized carbons (Fsp3) is 0.300. The molecule has 3 nitrogen and oxygen atoms in total. The molecule has 0 bridgehead atoms. The van der Waals surface area contributed by atoms with E-state index in [1.807, 2.05) is 60.7 Å². The molecule has 0 heterocycles. The zero-order valence-corrected chi connectivity index (χ0v) is 13.3. The van der Waals surface area contributed by atoms with Crippen LogP contribution in [0.25, 0.3) is 0 Å². The molecule has 3 heteroatoms. The summed E-state index contributed by atoms with van der Waals surface area (Å²) in [5, 5.41) is 9.29. The van der Waals surface area contributed by atoms with E-state index >= 15 is 0 Å². The summed E-state index contributed by atoms with van der Waals surface area (Å²) in [5.41, 5.74) is 2.20. The van der Waals surface area contributed by atoms with Crippen molar-refractivity contribution < 1.29 is 14.6 Å². The highest BCUT2D eigenvalue weighted by Crippen LogP contribution is 2.15. The van der Waals surface area contributed by atoms with E-state index in [1.165, 1.54) is 0 Å². The number of rotatable bonds is 10. The summed E-state index contributed by atoms with van der Waals surface area (Å²) in [4.78, 5) is 0. The second-order valence-electron chi connectivity index (χ2n) is 5.34. The predicted octanol–water partition coefficient (Wildman–Crippen LogP) is 3.73. The maximum atomic E-state index is 9.29. The van der Waals surface area contributed by atoms with Gasteiger partial charge in [-0.05, 0) is 17.5 Å². The van der Waals surface area contributed by atoms with Gasteiger partial charge in [-0.2, -0.15) is 0 Å². The molecule has 0 radical (unpaired) electrons. The Bertz CT molecular complexity index is 554. The highest BCUT2D eigenvalue weighted by molar-refractivity contribution is 5.14. The molecular formula is C20H24O3. The minimum atomic E-state index is -0.258. The van der Waals surface area contributed by atoms with Crippen molar-refractivity contribution in [2.45, 2.75) is 31.8 Å². The van der Waals surface area contributed by atoms with Crippen LogP contribution < -0.4 is 0 Å². The Morgan fingerprint density at radius 3 is 1.87 bits per heavy atom. The number of aliphatic hydroxyl groups is 1. The lowest BCUT2D eigenvalue weighted by atomic mass is 10.1. The molecule has 122 valence electrons. The van der Waals surface area contributed by atoms with Crippen LogP contribution in [0.5, 0.6) is 0 Å². The number of ether oxygens (including phenoxy) is 2. The van der Waals surface area contributed by atoms with Crippen LogP contribution in [0.4, 0.5) is 0 Å². The Morgan fingerprint density at radius 1 is 0.870 bits per heavy atom. The minimum absolute atomic E-state index is 0.0541. The SMILES string of the molecule is C=C[C@@H](OCc1ccccc1)[C@@H](CCO)OCc1ccccc1. The maximum Gasteiger partial charge on any atom is 0.102 e. The van der Waals surface area contributed by atoms with E-state index in [0.29, 0.717) is 19.6 Å². The van der Waals surface area contributed by atoms with Crippen molar-refractivity contribution in [1.29, 1.82) is 0 Å². The number of hydrogen-bond acceptors (Lipinski definition) is 3. The summed E-state index contributed by atoms with van der Waals surface area (Å²) in [7, 11) is 0. The van der Waals surface area contributed by atoms with Gasteiger partial charge in [-0.25, -0.2) is 0 Å². The van der Waals surface area contributed by atoms with Crippen LogP contribution in [-0.4, -0.2) is 23.9 Å². The molecule has 0 saturated heterocycles. The van der Waals surface area contributed by atoms with Crippen LogP contribution in [-0.2, 0) is 22.7 Å². The van der Waals surface area contributed by atoms with Gasteiger partial charge in [-0.1, -0.05) is 66.7 Å². The molecule has 0 spiro atoms. The Kier molecular flexibility index (Phi) is 7.54. The minimum Gasteiger partial charge on any atom is -0.396 e. The van der Waals surface area contributed by atoms with Crippen LogP contribution in [0, 0.1) is 0 Å². The second kappa shape index (κ2) is 9.95. The molecule has 0 amide bonds. The van der Waals surface area contributed by atoms with E-state index in [2.05, 4.69) is 6.58 Å². The van der Waals surface area contributed by atoms with Gasteiger partial charge in [0.25, 0.3) is 0 Å². The zero-order chi connectivity index (χ0) is 16.3. The molecule has 0 aromatic heterocycles. The highest BCUT2D eigenvalue weighted by atomic mass is 16.5. The van der Waals surface area contributed by atoms with Gasteiger partial charge in [0.05, 0.1) is 19.3 Å². The molecule has 0 aliphatic heterocycles. The standard InChI is InChI=1S/C20H24O3/c1-2-19(22-15-17-9-5-3-6-10-17)20(13-14-21)23-16-18-11-7-4-8-12-18/h2-12,19-21H,1,13-16H2/t19-,20-/m1/s1. The fourth-order valence-corrected chi connectivity index (χ4v) is 2.34. The van der Waals surface area contributed by atoms with Crippen molar-refractivity contribution in [3.63, 3.8) is 0 Å². The fourth-order valence-electron chi connectivity index (χ4n) is 2.34. The number of aliphatic hydroxyl groups excluding tert-OH is 1. The summed E-state index contributed by atoms with van der Waals surface area (Å²) in [6, 6.07) is 20.0. The molecule has 1 N–H and O–H groups in total. The van der Waals surface area contributed by atoms with Crippen molar-refractivity contribution in [2.24, 2.45) is 0 Å². The quantitative estimate of drug-likeness (QED) is 0.680. The van der Waals surface area contributed by atoms with Crippen molar-refractivity contribution in [1.82, 2.24) is 0 Å². The molecule has 0 aliphatic carbocycles. The molecule has 0 fully saturated rings. The molecule has 0 saturated carbocycles. The average Bonchev–Trinajstić information content (AvgIpc) is 2.62. The third-order valence-corrected chi connectivity index (χ3v) is 3.60. The molecule has 2 atom stereocenters. The van der Waals surface area contributed by atoms with Gasteiger partial charge in [-0.15, -0.1) is 6.58 Å². The van der Waals surface area contributed by atoms with Crippen LogP contribution in [0.15, 0.2) is 73.3 Å². The van der Waals surface area contributed by atoms with Crippen molar-refractivity contribution in [3.05, 3.63) is 84.4 Å². The van der Waals surface area contributed by atoms with Gasteiger partial charge in [0.15, 0.2) is 0 Å². The van der Waals surface area contributed by atoms with Crippen molar-refractivity contribution in [2.75, 3.05) is 6.61 Å². The Labute approximate surface area is 138 Å². The van der Waals surface area contributed by atoms with Crippen molar-refractivity contribution in [3.8, 4) is 0 Å². The average molecular weight is 312 g/mol. The first-order valence-electron chi connectivity index (χ1n) is 7.88. The normalized spacial score (nSPS) is 13.4. The van der Waals surface area contributed by atoms with Gasteiger partial charge in [-0.3, -0.25) is 0 Å². The van der Waals surface area contributed by atoms with E-state index < -0.39 is 0 Å². The second-order valence-corrected chi connectivity index (χ2v) is 5.34. The number of benzene rings is 2. The van der Waals surface area contributed by atoms with Gasteiger partial charge in [0.1, 0.15) is 6.10 Å². The largest absolute Gasteiger partial charge is 0.396 e. The molecule has 23 heavy (non-hydrogen) atoms. The maximum absolute atomic E-state index is 9.29. The van der Waals surface area contributed by atoms with E-state index in [4.69, 9.17) is 9.47 Å². The van der Waals surface area contributed by atoms with Crippen LogP contribution in [0.1, 0.15) is 17.5 Å². The van der Waals surface area contributed by atoms with Crippen LogP contribution in [0.2, 0.25) is 0 Å². The summed E-state index contributed by atoms with van der Waals surface area (Å²) < 4.78 is 11.9. The molecule has 2 aromatic carbocycles. The van der Waals surface area contributed by atoms with Crippen LogP contribution >= 0.6 is 0 Å². The molecule has 0 unspecified atom stereocenters. The first kappa shape index (κ1) is 17.4. The summed E-state index contributed by atoms with van der Waals surface area (Å²) in [5.74, 6) is 0. The predicted molar refractivity (Wildman–Crippen MR) is 91.9 cm³/mol. The Balaban J connectivity index is 1.91. The summed E-state index contributed by atoms with van der Waals surface area (Å²) in [6.45, 7) is 4.88. The molecule has 2 aromatic rings. The third kappa shape index (κ3) is 5.99. The smallest absolute Gasteiger partial charge is 0.102 e. The van der Waals surface area contributed by atoms with E-state index in [0.717, 1.165) is 11.1 Å². The monoisotopic (exact) mass is 312 g/mol. The van der Waals surface area contributed by atoms with Crippen molar-refractivity contribution >= 4 is 0 Å². The van der Waals surface area contributed by atoms with Gasteiger partial charge < -0.3 is 14.6 Å². The Morgan fingerprint density at radius 2 is 1.39 bits per heavy atom. The van der Waals surface area contributed by atoms with Gasteiger partial charge in [0, 0.05) is 6.61 Å². The summed E-state index contributed by atoms with van der Waals surface area (Å²) in [6.07, 6.45) is 1.78. The Hall–Kier alpha value is -1.94. The van der Waals surface area contributed by atoms with E-state index in [1.54, 1.807) is 6.08 Å². The van der Waals surface area contributed by atoms with E-state index in [-0.39, 0.29) is 18.8 Å². The van der Waals surface area contributed by atoms with Gasteiger partial charge >= 0.3 is 0 Å².